The lowest BCUT2D eigenvalue weighted by Gasteiger charge is -2.32. The molecule has 0 aliphatic carbocycles. The highest BCUT2D eigenvalue weighted by Gasteiger charge is 2.37. The van der Waals surface area contributed by atoms with Crippen LogP contribution in [0.1, 0.15) is 50.1 Å². The molecule has 1 aromatic heterocycles. The molecular formula is C17H19F3N2O. The highest BCUT2D eigenvalue weighted by Crippen LogP contribution is 2.40. The van der Waals surface area contributed by atoms with Crippen LogP contribution in [0, 0.1) is 18.3 Å². The summed E-state index contributed by atoms with van der Waals surface area (Å²) in [5.41, 5.74) is -1.39. The van der Waals surface area contributed by atoms with Gasteiger partial charge in [-0.1, -0.05) is 6.92 Å². The first-order valence-corrected chi connectivity index (χ1v) is 7.36. The van der Waals surface area contributed by atoms with Gasteiger partial charge in [-0.15, -0.1) is 0 Å². The number of aromatic nitrogens is 1. The third kappa shape index (κ3) is 2.93. The lowest BCUT2D eigenvalue weighted by molar-refractivity contribution is -0.136. The molecule has 124 valence electrons. The SMILES string of the molecule is CCC(n1c(C)cc2c(C(F)(F)F)c(C#N)ccc21)C(C)(C)O. The summed E-state index contributed by atoms with van der Waals surface area (Å²) in [6.45, 7) is 6.87. The Kier molecular flexibility index (Phi) is 4.20. The van der Waals surface area contributed by atoms with Crippen molar-refractivity contribution in [2.75, 3.05) is 0 Å². The summed E-state index contributed by atoms with van der Waals surface area (Å²) in [6.07, 6.45) is -4.05. The highest BCUT2D eigenvalue weighted by molar-refractivity contribution is 5.87. The molecule has 2 rings (SSSR count). The fourth-order valence-corrected chi connectivity index (χ4v) is 3.24. The maximum absolute atomic E-state index is 13.4. The van der Waals surface area contributed by atoms with Gasteiger partial charge in [0.25, 0.3) is 0 Å². The van der Waals surface area contributed by atoms with Gasteiger partial charge in [-0.25, -0.2) is 0 Å². The summed E-state index contributed by atoms with van der Waals surface area (Å²) in [4.78, 5) is 0. The number of hydrogen-bond donors (Lipinski definition) is 1. The molecule has 0 aliphatic heterocycles. The smallest absolute Gasteiger partial charge is 0.388 e. The van der Waals surface area contributed by atoms with Crippen LogP contribution in [0.25, 0.3) is 10.9 Å². The average Bonchev–Trinajstić information content (AvgIpc) is 2.72. The van der Waals surface area contributed by atoms with Crippen molar-refractivity contribution in [3.05, 3.63) is 35.0 Å². The molecule has 1 heterocycles. The van der Waals surface area contributed by atoms with E-state index in [4.69, 9.17) is 5.26 Å². The molecule has 2 aromatic rings. The molecule has 1 N–H and O–H groups in total. The molecule has 0 saturated heterocycles. The third-order valence-corrected chi connectivity index (χ3v) is 4.13. The molecule has 0 aliphatic rings. The fourth-order valence-electron chi connectivity index (χ4n) is 3.24. The van der Waals surface area contributed by atoms with Crippen molar-refractivity contribution in [1.82, 2.24) is 4.57 Å². The van der Waals surface area contributed by atoms with Crippen LogP contribution in [0.5, 0.6) is 0 Å². The highest BCUT2D eigenvalue weighted by atomic mass is 19.4. The van der Waals surface area contributed by atoms with Crippen LogP contribution in [0.15, 0.2) is 18.2 Å². The monoisotopic (exact) mass is 324 g/mol. The van der Waals surface area contributed by atoms with Crippen molar-refractivity contribution in [2.45, 2.75) is 51.9 Å². The largest absolute Gasteiger partial charge is 0.418 e. The van der Waals surface area contributed by atoms with Gasteiger partial charge in [-0.2, -0.15) is 18.4 Å². The molecule has 1 unspecified atom stereocenters. The Bertz CT molecular complexity index is 776. The van der Waals surface area contributed by atoms with Crippen LogP contribution in [-0.2, 0) is 6.18 Å². The number of fused-ring (bicyclic) bond motifs is 1. The van der Waals surface area contributed by atoms with Gasteiger partial charge < -0.3 is 9.67 Å². The van der Waals surface area contributed by atoms with Gasteiger partial charge in [0.15, 0.2) is 0 Å². The van der Waals surface area contributed by atoms with E-state index in [0.717, 1.165) is 0 Å². The predicted molar refractivity (Wildman–Crippen MR) is 82.0 cm³/mol. The average molecular weight is 324 g/mol. The standard InChI is InChI=1S/C17H19F3N2O/c1-5-14(16(3,4)23)22-10(2)8-12-13(22)7-6-11(9-21)15(12)17(18,19)20/h6-8,14,23H,5H2,1-4H3. The van der Waals surface area contributed by atoms with Gasteiger partial charge in [0.2, 0.25) is 0 Å². The summed E-state index contributed by atoms with van der Waals surface area (Å²) in [7, 11) is 0. The molecule has 1 aromatic carbocycles. The molecule has 0 bridgehead atoms. The molecule has 23 heavy (non-hydrogen) atoms. The summed E-state index contributed by atoms with van der Waals surface area (Å²) >= 11 is 0. The molecular weight excluding hydrogens is 305 g/mol. The number of nitrogens with zero attached hydrogens (tertiary/aromatic N) is 2. The fraction of sp³-hybridized carbons (Fsp3) is 0.471. The first kappa shape index (κ1) is 17.4. The molecule has 0 saturated carbocycles. The maximum Gasteiger partial charge on any atom is 0.418 e. The summed E-state index contributed by atoms with van der Waals surface area (Å²) < 4.78 is 42.0. The van der Waals surface area contributed by atoms with Crippen LogP contribution in [-0.4, -0.2) is 15.3 Å². The quantitative estimate of drug-likeness (QED) is 0.899. The zero-order valence-electron chi connectivity index (χ0n) is 13.5. The van der Waals surface area contributed by atoms with Gasteiger partial charge in [0, 0.05) is 16.6 Å². The van der Waals surface area contributed by atoms with E-state index < -0.39 is 22.9 Å². The summed E-state index contributed by atoms with van der Waals surface area (Å²) in [6, 6.07) is 5.40. The molecule has 0 radical (unpaired) electrons. The third-order valence-electron chi connectivity index (χ3n) is 4.13. The van der Waals surface area contributed by atoms with Gasteiger partial charge in [-0.05, 0) is 45.4 Å². The first-order chi connectivity index (χ1) is 10.5. The number of alkyl halides is 3. The van der Waals surface area contributed by atoms with E-state index in [0.29, 0.717) is 17.6 Å². The van der Waals surface area contributed by atoms with Crippen molar-refractivity contribution in [1.29, 1.82) is 5.26 Å². The van der Waals surface area contributed by atoms with E-state index in [1.165, 1.54) is 18.2 Å². The van der Waals surface area contributed by atoms with Crippen molar-refractivity contribution >= 4 is 10.9 Å². The number of benzene rings is 1. The second-order valence-electron chi connectivity index (χ2n) is 6.26. The van der Waals surface area contributed by atoms with Crippen molar-refractivity contribution in [3.63, 3.8) is 0 Å². The normalized spacial score (nSPS) is 14.0. The zero-order valence-corrected chi connectivity index (χ0v) is 13.5. The molecule has 1 atom stereocenters. The number of rotatable bonds is 3. The molecule has 0 spiro atoms. The van der Waals surface area contributed by atoms with Crippen molar-refractivity contribution < 1.29 is 18.3 Å². The van der Waals surface area contributed by atoms with E-state index in [1.807, 2.05) is 6.92 Å². The number of halogens is 3. The minimum atomic E-state index is -4.61. The second-order valence-corrected chi connectivity index (χ2v) is 6.26. The Morgan fingerprint density at radius 1 is 1.30 bits per heavy atom. The zero-order chi connectivity index (χ0) is 17.6. The Labute approximate surface area is 133 Å². The van der Waals surface area contributed by atoms with E-state index in [-0.39, 0.29) is 11.4 Å². The lowest BCUT2D eigenvalue weighted by Crippen LogP contribution is -2.33. The Morgan fingerprint density at radius 3 is 2.35 bits per heavy atom. The first-order valence-electron chi connectivity index (χ1n) is 7.36. The van der Waals surface area contributed by atoms with Crippen LogP contribution < -0.4 is 0 Å². The minimum absolute atomic E-state index is 0.00301. The summed E-state index contributed by atoms with van der Waals surface area (Å²) in [5.74, 6) is 0. The Hall–Kier alpha value is -2.00. The second kappa shape index (κ2) is 5.57. The van der Waals surface area contributed by atoms with Crippen LogP contribution in [0.2, 0.25) is 0 Å². The van der Waals surface area contributed by atoms with Gasteiger partial charge >= 0.3 is 6.18 Å². The number of aliphatic hydroxyl groups is 1. The predicted octanol–water partition coefficient (Wildman–Crippen LogP) is 4.56. The Morgan fingerprint density at radius 2 is 1.91 bits per heavy atom. The number of aryl methyl sites for hydroxylation is 1. The van der Waals surface area contributed by atoms with Gasteiger partial charge in [0.05, 0.1) is 28.8 Å². The topological polar surface area (TPSA) is 49.0 Å². The van der Waals surface area contributed by atoms with E-state index in [9.17, 15) is 18.3 Å². The minimum Gasteiger partial charge on any atom is -0.388 e. The van der Waals surface area contributed by atoms with E-state index in [1.54, 1.807) is 31.4 Å². The van der Waals surface area contributed by atoms with Gasteiger partial charge in [0.1, 0.15) is 0 Å². The van der Waals surface area contributed by atoms with Crippen molar-refractivity contribution in [3.8, 4) is 6.07 Å². The molecule has 6 heteroatoms. The van der Waals surface area contributed by atoms with Crippen LogP contribution >= 0.6 is 0 Å². The number of nitriles is 1. The molecule has 0 fully saturated rings. The number of hydrogen-bond acceptors (Lipinski definition) is 2. The van der Waals surface area contributed by atoms with E-state index >= 15 is 0 Å². The van der Waals surface area contributed by atoms with Crippen LogP contribution in [0.4, 0.5) is 13.2 Å². The van der Waals surface area contributed by atoms with Crippen LogP contribution in [0.3, 0.4) is 0 Å². The maximum atomic E-state index is 13.4. The molecule has 0 amide bonds. The lowest BCUT2D eigenvalue weighted by atomic mass is 9.95. The summed E-state index contributed by atoms with van der Waals surface area (Å²) in [5, 5.41) is 19.4. The van der Waals surface area contributed by atoms with Crippen molar-refractivity contribution in [2.24, 2.45) is 0 Å². The Balaban J connectivity index is 2.87. The van der Waals surface area contributed by atoms with Gasteiger partial charge in [-0.3, -0.25) is 0 Å². The molecule has 3 nitrogen and oxygen atoms in total. The van der Waals surface area contributed by atoms with E-state index in [2.05, 4.69) is 0 Å².